The normalized spacial score (nSPS) is 10.6. The number of nitrogens with two attached hydrogens (primary N) is 2. The maximum Gasteiger partial charge on any atom is 0.241 e. The number of aryl methyl sites for hydroxylation is 1. The fraction of sp³-hybridized carbons (Fsp3) is 0.400. The van der Waals surface area contributed by atoms with Crippen LogP contribution >= 0.6 is 0 Å². The van der Waals surface area contributed by atoms with Gasteiger partial charge >= 0.3 is 0 Å². The highest BCUT2D eigenvalue weighted by atomic mass is 15.3. The van der Waals surface area contributed by atoms with Crippen molar-refractivity contribution >= 4 is 11.9 Å². The first-order valence-electron chi connectivity index (χ1n) is 5.50. The molecule has 2 rings (SSSR count). The van der Waals surface area contributed by atoms with Gasteiger partial charge in [0, 0.05) is 18.8 Å². The summed E-state index contributed by atoms with van der Waals surface area (Å²) in [7, 11) is 0. The van der Waals surface area contributed by atoms with Crippen LogP contribution in [0.4, 0.5) is 11.9 Å². The summed E-state index contributed by atoms with van der Waals surface area (Å²) in [5.41, 5.74) is 11.1. The molecule has 0 fully saturated rings. The summed E-state index contributed by atoms with van der Waals surface area (Å²) in [5.74, 6) is 1.54. The van der Waals surface area contributed by atoms with E-state index in [9.17, 15) is 0 Å². The van der Waals surface area contributed by atoms with Gasteiger partial charge < -0.3 is 11.5 Å². The Labute approximate surface area is 98.9 Å². The molecule has 90 valence electrons. The first-order chi connectivity index (χ1) is 8.20. The molecule has 0 radical (unpaired) electrons. The fourth-order valence-corrected chi connectivity index (χ4v) is 1.54. The SMILES string of the molecule is CCCCc1nccn1-c1nc(N)nc(N)n1. The molecule has 0 amide bonds. The molecule has 0 aliphatic carbocycles. The van der Waals surface area contributed by atoms with Crippen LogP contribution in [0.1, 0.15) is 25.6 Å². The van der Waals surface area contributed by atoms with Crippen LogP contribution in [0.2, 0.25) is 0 Å². The van der Waals surface area contributed by atoms with Crippen molar-refractivity contribution in [2.45, 2.75) is 26.2 Å². The Balaban J connectivity index is 2.35. The number of anilines is 2. The topological polar surface area (TPSA) is 109 Å². The quantitative estimate of drug-likeness (QED) is 0.798. The van der Waals surface area contributed by atoms with Gasteiger partial charge in [0.1, 0.15) is 5.82 Å². The van der Waals surface area contributed by atoms with Gasteiger partial charge in [-0.1, -0.05) is 13.3 Å². The summed E-state index contributed by atoms with van der Waals surface area (Å²) in [5, 5.41) is 0. The van der Waals surface area contributed by atoms with Gasteiger partial charge in [0.05, 0.1) is 0 Å². The van der Waals surface area contributed by atoms with E-state index in [0.29, 0.717) is 5.95 Å². The van der Waals surface area contributed by atoms with Crippen LogP contribution in [-0.2, 0) is 6.42 Å². The monoisotopic (exact) mass is 233 g/mol. The van der Waals surface area contributed by atoms with Gasteiger partial charge in [0.2, 0.25) is 17.8 Å². The van der Waals surface area contributed by atoms with E-state index in [1.165, 1.54) is 0 Å². The van der Waals surface area contributed by atoms with Crippen molar-refractivity contribution in [3.63, 3.8) is 0 Å². The predicted molar refractivity (Wildman–Crippen MR) is 64.4 cm³/mol. The van der Waals surface area contributed by atoms with Gasteiger partial charge in [-0.15, -0.1) is 0 Å². The third-order valence-electron chi connectivity index (χ3n) is 2.34. The third-order valence-corrected chi connectivity index (χ3v) is 2.34. The van der Waals surface area contributed by atoms with Crippen LogP contribution < -0.4 is 11.5 Å². The van der Waals surface area contributed by atoms with E-state index in [-0.39, 0.29) is 11.9 Å². The number of hydrogen-bond acceptors (Lipinski definition) is 6. The van der Waals surface area contributed by atoms with Crippen molar-refractivity contribution in [2.24, 2.45) is 0 Å². The van der Waals surface area contributed by atoms with Crippen LogP contribution in [-0.4, -0.2) is 24.5 Å². The second kappa shape index (κ2) is 4.77. The van der Waals surface area contributed by atoms with Gasteiger partial charge in [0.25, 0.3) is 0 Å². The minimum absolute atomic E-state index is 0.114. The first-order valence-corrected chi connectivity index (χ1v) is 5.50. The molecule has 0 aromatic carbocycles. The molecule has 0 aliphatic rings. The Morgan fingerprint density at radius 1 is 1.18 bits per heavy atom. The number of nitrogens with zero attached hydrogens (tertiary/aromatic N) is 5. The van der Waals surface area contributed by atoms with E-state index >= 15 is 0 Å². The van der Waals surface area contributed by atoms with Crippen molar-refractivity contribution in [3.8, 4) is 5.95 Å². The zero-order valence-electron chi connectivity index (χ0n) is 9.67. The summed E-state index contributed by atoms with van der Waals surface area (Å²) in [6.45, 7) is 2.13. The van der Waals surface area contributed by atoms with Gasteiger partial charge in [-0.25, -0.2) is 4.98 Å². The molecule has 0 bridgehead atoms. The molecular weight excluding hydrogens is 218 g/mol. The Morgan fingerprint density at radius 3 is 2.53 bits per heavy atom. The zero-order valence-corrected chi connectivity index (χ0v) is 9.67. The van der Waals surface area contributed by atoms with E-state index in [4.69, 9.17) is 11.5 Å². The van der Waals surface area contributed by atoms with Crippen molar-refractivity contribution < 1.29 is 0 Å². The lowest BCUT2D eigenvalue weighted by Gasteiger charge is -2.06. The van der Waals surface area contributed by atoms with Gasteiger partial charge in [-0.2, -0.15) is 15.0 Å². The van der Waals surface area contributed by atoms with E-state index in [1.807, 2.05) is 0 Å². The molecule has 0 atom stereocenters. The lowest BCUT2D eigenvalue weighted by Crippen LogP contribution is -2.10. The molecule has 0 saturated heterocycles. The Morgan fingerprint density at radius 2 is 1.88 bits per heavy atom. The molecule has 17 heavy (non-hydrogen) atoms. The maximum atomic E-state index is 5.54. The summed E-state index contributed by atoms with van der Waals surface area (Å²) < 4.78 is 1.78. The lowest BCUT2D eigenvalue weighted by molar-refractivity contribution is 0.726. The van der Waals surface area contributed by atoms with Crippen LogP contribution in [0.3, 0.4) is 0 Å². The molecule has 7 heteroatoms. The number of nitrogen functional groups attached to an aromatic ring is 2. The number of hydrogen-bond donors (Lipinski definition) is 2. The standard InChI is InChI=1S/C10H15N7/c1-2-3-4-7-13-5-6-17(7)10-15-8(11)14-9(12)16-10/h5-6H,2-4H2,1H3,(H4,11,12,14,15,16). The molecule has 0 unspecified atom stereocenters. The number of imidazole rings is 1. The summed E-state index contributed by atoms with van der Waals surface area (Å²) in [6.07, 6.45) is 6.54. The molecule has 0 saturated carbocycles. The Hall–Kier alpha value is -2.18. The highest BCUT2D eigenvalue weighted by molar-refractivity contribution is 5.31. The van der Waals surface area contributed by atoms with Crippen LogP contribution in [0.15, 0.2) is 12.4 Å². The molecular formula is C10H15N7. The van der Waals surface area contributed by atoms with E-state index in [0.717, 1.165) is 25.1 Å². The largest absolute Gasteiger partial charge is 0.368 e. The van der Waals surface area contributed by atoms with E-state index in [2.05, 4.69) is 26.9 Å². The van der Waals surface area contributed by atoms with Crippen LogP contribution in [0, 0.1) is 0 Å². The summed E-state index contributed by atoms with van der Waals surface area (Å²) in [6, 6.07) is 0. The average molecular weight is 233 g/mol. The molecule has 4 N–H and O–H groups in total. The molecule has 2 aromatic heterocycles. The fourth-order valence-electron chi connectivity index (χ4n) is 1.54. The number of aromatic nitrogens is 5. The minimum atomic E-state index is 0.114. The van der Waals surface area contributed by atoms with Gasteiger partial charge in [-0.05, 0) is 6.42 Å². The second-order valence-electron chi connectivity index (χ2n) is 3.67. The number of rotatable bonds is 4. The highest BCUT2D eigenvalue weighted by Gasteiger charge is 2.09. The summed E-state index contributed by atoms with van der Waals surface area (Å²) in [4.78, 5) is 16.1. The van der Waals surface area contributed by atoms with E-state index < -0.39 is 0 Å². The van der Waals surface area contributed by atoms with Crippen molar-refractivity contribution in [1.29, 1.82) is 0 Å². The predicted octanol–water partition coefficient (Wildman–Crippen LogP) is 0.564. The molecule has 7 nitrogen and oxygen atoms in total. The lowest BCUT2D eigenvalue weighted by atomic mass is 10.2. The Kier molecular flexibility index (Phi) is 3.17. The molecule has 2 aromatic rings. The highest BCUT2D eigenvalue weighted by Crippen LogP contribution is 2.10. The first kappa shape index (κ1) is 11.3. The van der Waals surface area contributed by atoms with Crippen molar-refractivity contribution in [3.05, 3.63) is 18.2 Å². The number of unbranched alkanes of at least 4 members (excludes halogenated alkanes) is 1. The summed E-state index contributed by atoms with van der Waals surface area (Å²) >= 11 is 0. The minimum Gasteiger partial charge on any atom is -0.368 e. The van der Waals surface area contributed by atoms with Crippen LogP contribution in [0.5, 0.6) is 0 Å². The Bertz CT molecular complexity index is 485. The van der Waals surface area contributed by atoms with Gasteiger partial charge in [0.15, 0.2) is 0 Å². The maximum absolute atomic E-state index is 5.54. The second-order valence-corrected chi connectivity index (χ2v) is 3.67. The smallest absolute Gasteiger partial charge is 0.241 e. The zero-order chi connectivity index (χ0) is 12.3. The van der Waals surface area contributed by atoms with E-state index in [1.54, 1.807) is 17.0 Å². The molecule has 2 heterocycles. The molecule has 0 spiro atoms. The average Bonchev–Trinajstić information content (AvgIpc) is 2.73. The van der Waals surface area contributed by atoms with Crippen molar-refractivity contribution in [1.82, 2.24) is 24.5 Å². The third kappa shape index (κ3) is 2.49. The van der Waals surface area contributed by atoms with Crippen LogP contribution in [0.25, 0.3) is 5.95 Å². The molecule has 0 aliphatic heterocycles. The van der Waals surface area contributed by atoms with Crippen molar-refractivity contribution in [2.75, 3.05) is 11.5 Å². The van der Waals surface area contributed by atoms with Gasteiger partial charge in [-0.3, -0.25) is 4.57 Å².